The van der Waals surface area contributed by atoms with Crippen LogP contribution in [0.2, 0.25) is 0 Å². The third-order valence-corrected chi connectivity index (χ3v) is 5.11. The van der Waals surface area contributed by atoms with E-state index >= 15 is 0 Å². The zero-order valence-corrected chi connectivity index (χ0v) is 15.3. The molecule has 27 heavy (non-hydrogen) atoms. The average molecular weight is 367 g/mol. The van der Waals surface area contributed by atoms with E-state index in [0.717, 1.165) is 43.1 Å². The molecule has 0 radical (unpaired) electrons. The van der Waals surface area contributed by atoms with Crippen LogP contribution in [0.3, 0.4) is 0 Å². The lowest BCUT2D eigenvalue weighted by Gasteiger charge is -2.32. The van der Waals surface area contributed by atoms with E-state index in [-0.39, 0.29) is 18.1 Å². The Hall–Kier alpha value is -2.60. The minimum atomic E-state index is -0.120. The maximum absolute atomic E-state index is 12.4. The Bertz CT molecular complexity index is 768. The summed E-state index contributed by atoms with van der Waals surface area (Å²) in [6.45, 7) is 2.66. The lowest BCUT2D eigenvalue weighted by Crippen LogP contribution is -2.45. The van der Waals surface area contributed by atoms with Gasteiger partial charge < -0.3 is 19.7 Å². The van der Waals surface area contributed by atoms with Gasteiger partial charge in [0.2, 0.25) is 5.91 Å². The van der Waals surface area contributed by atoms with Crippen molar-refractivity contribution < 1.29 is 14.3 Å². The second-order valence-electron chi connectivity index (χ2n) is 7.02. The van der Waals surface area contributed by atoms with E-state index in [1.54, 1.807) is 6.20 Å². The highest BCUT2D eigenvalue weighted by Gasteiger charge is 2.34. The molecular weight excluding hydrogens is 342 g/mol. The Balaban J connectivity index is 1.27. The van der Waals surface area contributed by atoms with Gasteiger partial charge in [0.25, 0.3) is 0 Å². The number of carbonyl (C=O) groups excluding carboxylic acids is 1. The SMILES string of the molecule is O=C1CC[C@H](CCNCc2ccccn2)N1C[C@H]1COc2ccccc2O1. The number of carbonyl (C=O) groups is 1. The number of aromatic nitrogens is 1. The number of pyridine rings is 1. The molecule has 142 valence electrons. The third-order valence-electron chi connectivity index (χ3n) is 5.11. The summed E-state index contributed by atoms with van der Waals surface area (Å²) in [4.78, 5) is 18.6. The normalized spacial score (nSPS) is 21.5. The van der Waals surface area contributed by atoms with Crippen molar-refractivity contribution >= 4 is 5.91 Å². The van der Waals surface area contributed by atoms with Gasteiger partial charge in [0.05, 0.1) is 12.2 Å². The molecule has 1 aromatic carbocycles. The topological polar surface area (TPSA) is 63.7 Å². The fraction of sp³-hybridized carbons (Fsp3) is 0.429. The quantitative estimate of drug-likeness (QED) is 0.762. The molecule has 0 saturated carbocycles. The summed E-state index contributed by atoms with van der Waals surface area (Å²) in [5, 5.41) is 3.42. The summed E-state index contributed by atoms with van der Waals surface area (Å²) in [5.41, 5.74) is 1.03. The minimum Gasteiger partial charge on any atom is -0.486 e. The standard InChI is InChI=1S/C21H25N3O3/c25-21-9-8-17(10-12-22-13-16-5-3-4-11-23-16)24(21)14-18-15-26-19-6-1-2-7-20(19)27-18/h1-7,11,17-18,22H,8-10,12-15H2/t17-,18+/m1/s1. The van der Waals surface area contributed by atoms with Crippen LogP contribution < -0.4 is 14.8 Å². The van der Waals surface area contributed by atoms with Gasteiger partial charge in [-0.3, -0.25) is 9.78 Å². The zero-order chi connectivity index (χ0) is 18.5. The third kappa shape index (κ3) is 4.39. The number of fused-ring (bicyclic) bond motifs is 1. The Kier molecular flexibility index (Phi) is 5.53. The number of rotatable bonds is 7. The van der Waals surface area contributed by atoms with Gasteiger partial charge in [0, 0.05) is 25.2 Å². The number of nitrogens with zero attached hydrogens (tertiary/aromatic N) is 2. The largest absolute Gasteiger partial charge is 0.486 e. The summed E-state index contributed by atoms with van der Waals surface area (Å²) in [6, 6.07) is 13.9. The van der Waals surface area contributed by atoms with Crippen molar-refractivity contribution in [3.05, 3.63) is 54.4 Å². The first-order valence-electron chi connectivity index (χ1n) is 9.58. The van der Waals surface area contributed by atoms with Crippen molar-refractivity contribution in [1.29, 1.82) is 0 Å². The number of para-hydroxylation sites is 2. The molecule has 1 aromatic heterocycles. The highest BCUT2D eigenvalue weighted by Crippen LogP contribution is 2.32. The van der Waals surface area contributed by atoms with E-state index < -0.39 is 0 Å². The fourth-order valence-corrected chi connectivity index (χ4v) is 3.70. The van der Waals surface area contributed by atoms with Crippen molar-refractivity contribution in [2.75, 3.05) is 19.7 Å². The van der Waals surface area contributed by atoms with Crippen LogP contribution in [-0.2, 0) is 11.3 Å². The zero-order valence-electron chi connectivity index (χ0n) is 15.3. The maximum atomic E-state index is 12.4. The van der Waals surface area contributed by atoms with E-state index in [9.17, 15) is 4.79 Å². The van der Waals surface area contributed by atoms with Gasteiger partial charge in [-0.25, -0.2) is 0 Å². The van der Waals surface area contributed by atoms with Gasteiger partial charge in [-0.2, -0.15) is 0 Å². The van der Waals surface area contributed by atoms with Gasteiger partial charge >= 0.3 is 0 Å². The van der Waals surface area contributed by atoms with Crippen LogP contribution in [0.25, 0.3) is 0 Å². The molecule has 3 heterocycles. The summed E-state index contributed by atoms with van der Waals surface area (Å²) in [7, 11) is 0. The van der Waals surface area contributed by atoms with E-state index in [2.05, 4.69) is 10.3 Å². The molecule has 0 bridgehead atoms. The van der Waals surface area contributed by atoms with E-state index in [0.29, 0.717) is 19.6 Å². The molecule has 1 N–H and O–H groups in total. The van der Waals surface area contributed by atoms with Crippen molar-refractivity contribution in [1.82, 2.24) is 15.2 Å². The summed E-state index contributed by atoms with van der Waals surface area (Å²) in [5.74, 6) is 1.75. The predicted molar refractivity (Wildman–Crippen MR) is 102 cm³/mol. The number of nitrogens with one attached hydrogen (secondary N) is 1. The maximum Gasteiger partial charge on any atom is 0.223 e. The lowest BCUT2D eigenvalue weighted by atomic mass is 10.1. The molecule has 1 amide bonds. The molecule has 6 nitrogen and oxygen atoms in total. The van der Waals surface area contributed by atoms with Crippen LogP contribution >= 0.6 is 0 Å². The number of ether oxygens (including phenoxy) is 2. The molecule has 0 unspecified atom stereocenters. The van der Waals surface area contributed by atoms with Crippen LogP contribution in [0, 0.1) is 0 Å². The first-order chi connectivity index (χ1) is 13.3. The van der Waals surface area contributed by atoms with Crippen LogP contribution in [0.15, 0.2) is 48.7 Å². The van der Waals surface area contributed by atoms with Gasteiger partial charge in [-0.15, -0.1) is 0 Å². The summed E-state index contributed by atoms with van der Waals surface area (Å²) < 4.78 is 11.8. The number of likely N-dealkylation sites (tertiary alicyclic amines) is 1. The highest BCUT2D eigenvalue weighted by molar-refractivity contribution is 5.78. The van der Waals surface area contributed by atoms with Crippen molar-refractivity contribution in [3.8, 4) is 11.5 Å². The number of benzene rings is 1. The van der Waals surface area contributed by atoms with Crippen molar-refractivity contribution in [2.45, 2.75) is 38.0 Å². The second kappa shape index (κ2) is 8.39. The molecular formula is C21H25N3O3. The predicted octanol–water partition coefficient (Wildman–Crippen LogP) is 2.39. The number of hydrogen-bond donors (Lipinski definition) is 1. The molecule has 2 atom stereocenters. The van der Waals surface area contributed by atoms with Gasteiger partial charge in [-0.1, -0.05) is 18.2 Å². The molecule has 2 aliphatic rings. The van der Waals surface area contributed by atoms with E-state index in [1.807, 2.05) is 47.4 Å². The van der Waals surface area contributed by atoms with Gasteiger partial charge in [-0.05, 0) is 43.7 Å². The first kappa shape index (κ1) is 17.8. The first-order valence-corrected chi connectivity index (χ1v) is 9.58. The number of hydrogen-bond acceptors (Lipinski definition) is 5. The molecule has 0 aliphatic carbocycles. The summed E-state index contributed by atoms with van der Waals surface area (Å²) in [6.07, 6.45) is 4.15. The molecule has 6 heteroatoms. The Labute approximate surface area is 159 Å². The molecule has 2 aromatic rings. The highest BCUT2D eigenvalue weighted by atomic mass is 16.6. The fourth-order valence-electron chi connectivity index (χ4n) is 3.70. The molecule has 0 spiro atoms. The molecule has 1 saturated heterocycles. The monoisotopic (exact) mass is 367 g/mol. The van der Waals surface area contributed by atoms with E-state index in [1.165, 1.54) is 0 Å². The smallest absolute Gasteiger partial charge is 0.223 e. The molecule has 1 fully saturated rings. The van der Waals surface area contributed by atoms with Crippen molar-refractivity contribution in [3.63, 3.8) is 0 Å². The Morgan fingerprint density at radius 1 is 1.15 bits per heavy atom. The Morgan fingerprint density at radius 2 is 2.00 bits per heavy atom. The van der Waals surface area contributed by atoms with Crippen LogP contribution in [-0.4, -0.2) is 47.6 Å². The molecule has 2 aliphatic heterocycles. The summed E-state index contributed by atoms with van der Waals surface area (Å²) >= 11 is 0. The van der Waals surface area contributed by atoms with Crippen molar-refractivity contribution in [2.24, 2.45) is 0 Å². The van der Waals surface area contributed by atoms with Gasteiger partial charge in [0.15, 0.2) is 17.6 Å². The minimum absolute atomic E-state index is 0.120. The van der Waals surface area contributed by atoms with E-state index in [4.69, 9.17) is 9.47 Å². The number of amides is 1. The second-order valence-corrected chi connectivity index (χ2v) is 7.02. The van der Waals surface area contributed by atoms with Crippen LogP contribution in [0.5, 0.6) is 11.5 Å². The van der Waals surface area contributed by atoms with Crippen LogP contribution in [0.1, 0.15) is 25.0 Å². The molecule has 4 rings (SSSR count). The Morgan fingerprint density at radius 3 is 2.85 bits per heavy atom. The van der Waals surface area contributed by atoms with Crippen LogP contribution in [0.4, 0.5) is 0 Å². The average Bonchev–Trinajstić information content (AvgIpc) is 3.05. The lowest BCUT2D eigenvalue weighted by molar-refractivity contribution is -0.130. The van der Waals surface area contributed by atoms with Gasteiger partial charge in [0.1, 0.15) is 6.61 Å².